The summed E-state index contributed by atoms with van der Waals surface area (Å²) in [5.41, 5.74) is 2.91. The number of pyridine rings is 1. The van der Waals surface area contributed by atoms with E-state index < -0.39 is 10.8 Å². The molecule has 0 aliphatic rings. The molecule has 20 heavy (non-hydrogen) atoms. The number of halogens is 1. The van der Waals surface area contributed by atoms with Crippen molar-refractivity contribution in [1.29, 1.82) is 0 Å². The lowest BCUT2D eigenvalue weighted by Gasteiger charge is -1.97. The second kappa shape index (κ2) is 5.68. The third kappa shape index (κ3) is 2.95. The van der Waals surface area contributed by atoms with Crippen molar-refractivity contribution in [2.75, 3.05) is 0 Å². The SMILES string of the molecule is Cc1cccn2cc(C[S@@](=O)Cc3ccc(Cl)s3)nc12. The molecule has 0 aromatic carbocycles. The van der Waals surface area contributed by atoms with Gasteiger partial charge in [-0.25, -0.2) is 4.98 Å². The van der Waals surface area contributed by atoms with Gasteiger partial charge in [-0.1, -0.05) is 17.7 Å². The maximum Gasteiger partial charge on any atom is 0.139 e. The lowest BCUT2D eigenvalue weighted by Crippen LogP contribution is -1.98. The molecule has 0 spiro atoms. The smallest absolute Gasteiger partial charge is 0.139 e. The van der Waals surface area contributed by atoms with Gasteiger partial charge in [-0.15, -0.1) is 11.3 Å². The molecule has 0 unspecified atom stereocenters. The predicted molar refractivity (Wildman–Crippen MR) is 84.8 cm³/mol. The molecule has 6 heteroatoms. The van der Waals surface area contributed by atoms with Gasteiger partial charge in [0.05, 0.1) is 21.5 Å². The van der Waals surface area contributed by atoms with Crippen LogP contribution in [0.3, 0.4) is 0 Å². The third-order valence-corrected chi connectivity index (χ3v) is 5.63. The van der Waals surface area contributed by atoms with Crippen molar-refractivity contribution >= 4 is 39.4 Å². The van der Waals surface area contributed by atoms with E-state index in [1.807, 2.05) is 48.0 Å². The standard InChI is InChI=1S/C14H13ClN2OS2/c1-10-3-2-6-17-7-11(16-14(10)17)8-20(18)9-12-4-5-13(15)19-12/h2-7H,8-9H2,1H3/t20-/m1/s1. The molecule has 0 saturated carbocycles. The first-order chi connectivity index (χ1) is 9.61. The molecular formula is C14H13ClN2OS2. The molecule has 3 nitrogen and oxygen atoms in total. The highest BCUT2D eigenvalue weighted by Gasteiger charge is 2.09. The number of rotatable bonds is 4. The summed E-state index contributed by atoms with van der Waals surface area (Å²) in [5.74, 6) is 1.00. The number of fused-ring (bicyclic) bond motifs is 1. The lowest BCUT2D eigenvalue weighted by molar-refractivity contribution is 0.682. The minimum Gasteiger partial charge on any atom is -0.307 e. The van der Waals surface area contributed by atoms with Crippen LogP contribution < -0.4 is 0 Å². The van der Waals surface area contributed by atoms with Crippen molar-refractivity contribution in [3.63, 3.8) is 0 Å². The Morgan fingerprint density at radius 1 is 1.35 bits per heavy atom. The molecule has 3 heterocycles. The maximum atomic E-state index is 12.2. The van der Waals surface area contributed by atoms with Crippen molar-refractivity contribution in [3.8, 4) is 0 Å². The highest BCUT2D eigenvalue weighted by Crippen LogP contribution is 2.23. The zero-order valence-electron chi connectivity index (χ0n) is 10.9. The monoisotopic (exact) mass is 324 g/mol. The zero-order chi connectivity index (χ0) is 14.1. The van der Waals surface area contributed by atoms with Gasteiger partial charge in [0, 0.05) is 28.1 Å². The van der Waals surface area contributed by atoms with E-state index in [2.05, 4.69) is 4.98 Å². The highest BCUT2D eigenvalue weighted by molar-refractivity contribution is 7.83. The van der Waals surface area contributed by atoms with Crippen LogP contribution in [0.2, 0.25) is 4.34 Å². The fourth-order valence-corrected chi connectivity index (χ4v) is 4.58. The average molecular weight is 325 g/mol. The Bertz CT molecular complexity index is 778. The van der Waals surface area contributed by atoms with Crippen LogP contribution >= 0.6 is 22.9 Å². The van der Waals surface area contributed by atoms with Gasteiger partial charge in [-0.3, -0.25) is 4.21 Å². The molecule has 0 bridgehead atoms. The quantitative estimate of drug-likeness (QED) is 0.731. The number of imidazole rings is 1. The summed E-state index contributed by atoms with van der Waals surface area (Å²) in [6, 6.07) is 7.78. The molecule has 3 aromatic heterocycles. The molecular weight excluding hydrogens is 312 g/mol. The summed E-state index contributed by atoms with van der Waals surface area (Å²) in [7, 11) is -0.966. The summed E-state index contributed by atoms with van der Waals surface area (Å²) < 4.78 is 14.9. The maximum absolute atomic E-state index is 12.2. The van der Waals surface area contributed by atoms with Crippen LogP contribution in [0.15, 0.2) is 36.7 Å². The van der Waals surface area contributed by atoms with Crippen LogP contribution in [0.1, 0.15) is 16.1 Å². The molecule has 1 atom stereocenters. The number of hydrogen-bond donors (Lipinski definition) is 0. The zero-order valence-corrected chi connectivity index (χ0v) is 13.3. The van der Waals surface area contributed by atoms with Gasteiger partial charge in [0.25, 0.3) is 0 Å². The van der Waals surface area contributed by atoms with E-state index in [0.717, 1.165) is 26.1 Å². The normalized spacial score (nSPS) is 12.9. The van der Waals surface area contributed by atoms with Gasteiger partial charge < -0.3 is 4.40 Å². The van der Waals surface area contributed by atoms with E-state index in [9.17, 15) is 4.21 Å². The van der Waals surface area contributed by atoms with E-state index in [0.29, 0.717) is 11.5 Å². The number of nitrogens with zero attached hydrogens (tertiary/aromatic N) is 2. The predicted octanol–water partition coefficient (Wildman–Crippen LogP) is 3.81. The van der Waals surface area contributed by atoms with Crippen LogP contribution in [-0.4, -0.2) is 13.6 Å². The van der Waals surface area contributed by atoms with Crippen LogP contribution in [0.25, 0.3) is 5.65 Å². The number of aryl methyl sites for hydroxylation is 1. The number of aromatic nitrogens is 2. The van der Waals surface area contributed by atoms with Gasteiger partial charge in [0.2, 0.25) is 0 Å². The van der Waals surface area contributed by atoms with Crippen molar-refractivity contribution in [2.45, 2.75) is 18.4 Å². The highest BCUT2D eigenvalue weighted by atomic mass is 35.5. The summed E-state index contributed by atoms with van der Waals surface area (Å²) in [6.07, 6.45) is 3.91. The topological polar surface area (TPSA) is 34.4 Å². The molecule has 0 fully saturated rings. The summed E-state index contributed by atoms with van der Waals surface area (Å²) >= 11 is 7.36. The van der Waals surface area contributed by atoms with E-state index in [1.165, 1.54) is 11.3 Å². The summed E-state index contributed by atoms with van der Waals surface area (Å²) in [4.78, 5) is 5.60. The van der Waals surface area contributed by atoms with E-state index in [-0.39, 0.29) is 0 Å². The fourth-order valence-electron chi connectivity index (χ4n) is 2.08. The molecule has 0 saturated heterocycles. The first kappa shape index (κ1) is 13.8. The average Bonchev–Trinajstić information content (AvgIpc) is 2.96. The molecule has 0 aliphatic carbocycles. The van der Waals surface area contributed by atoms with E-state index >= 15 is 0 Å². The van der Waals surface area contributed by atoms with Gasteiger partial charge in [0.1, 0.15) is 5.65 Å². The lowest BCUT2D eigenvalue weighted by atomic mass is 10.3. The van der Waals surface area contributed by atoms with Crippen LogP contribution in [0, 0.1) is 6.92 Å². The van der Waals surface area contributed by atoms with E-state index in [4.69, 9.17) is 11.6 Å². The minimum atomic E-state index is -0.966. The Morgan fingerprint density at radius 2 is 2.20 bits per heavy atom. The summed E-state index contributed by atoms with van der Waals surface area (Å²) in [6.45, 7) is 2.02. The van der Waals surface area contributed by atoms with E-state index in [1.54, 1.807) is 0 Å². The Hall–Kier alpha value is -1.17. The fraction of sp³-hybridized carbons (Fsp3) is 0.214. The van der Waals surface area contributed by atoms with Gasteiger partial charge in [0.15, 0.2) is 0 Å². The van der Waals surface area contributed by atoms with Crippen LogP contribution in [0.5, 0.6) is 0 Å². The molecule has 104 valence electrons. The van der Waals surface area contributed by atoms with Crippen molar-refractivity contribution < 1.29 is 4.21 Å². The Morgan fingerprint density at radius 3 is 2.90 bits per heavy atom. The Kier molecular flexibility index (Phi) is 3.92. The Labute approximate surface area is 128 Å². The van der Waals surface area contributed by atoms with Crippen molar-refractivity contribution in [2.24, 2.45) is 0 Å². The molecule has 0 aliphatic heterocycles. The minimum absolute atomic E-state index is 0.469. The second-order valence-electron chi connectivity index (χ2n) is 4.59. The third-order valence-electron chi connectivity index (χ3n) is 2.97. The second-order valence-corrected chi connectivity index (χ2v) is 7.85. The number of thiophene rings is 1. The van der Waals surface area contributed by atoms with Gasteiger partial charge >= 0.3 is 0 Å². The molecule has 3 rings (SSSR count). The van der Waals surface area contributed by atoms with Gasteiger partial charge in [-0.05, 0) is 30.7 Å². The number of hydrogen-bond acceptors (Lipinski definition) is 3. The van der Waals surface area contributed by atoms with Gasteiger partial charge in [-0.2, -0.15) is 0 Å². The molecule has 0 amide bonds. The molecule has 3 aromatic rings. The van der Waals surface area contributed by atoms with Crippen LogP contribution in [-0.2, 0) is 22.3 Å². The Balaban J connectivity index is 1.75. The first-order valence-corrected chi connectivity index (χ1v) is 8.82. The largest absolute Gasteiger partial charge is 0.307 e. The molecule has 0 N–H and O–H groups in total. The summed E-state index contributed by atoms with van der Waals surface area (Å²) in [5, 5.41) is 0. The van der Waals surface area contributed by atoms with Crippen molar-refractivity contribution in [1.82, 2.24) is 9.38 Å². The van der Waals surface area contributed by atoms with Crippen molar-refractivity contribution in [3.05, 3.63) is 57.1 Å². The molecule has 0 radical (unpaired) electrons. The van der Waals surface area contributed by atoms with Crippen LogP contribution in [0.4, 0.5) is 0 Å². The first-order valence-electron chi connectivity index (χ1n) is 6.14.